The van der Waals surface area contributed by atoms with Crippen molar-refractivity contribution in [3.05, 3.63) is 23.3 Å². The smallest absolute Gasteiger partial charge is 0.244 e. The Morgan fingerprint density at radius 1 is 1.40 bits per heavy atom. The highest BCUT2D eigenvalue weighted by atomic mass is 16.1. The second-order valence-corrected chi connectivity index (χ2v) is 6.82. The molecule has 1 atom stereocenters. The summed E-state index contributed by atoms with van der Waals surface area (Å²) in [5, 5.41) is 6.41. The maximum atomic E-state index is 12.0. The fourth-order valence-electron chi connectivity index (χ4n) is 3.39. The van der Waals surface area contributed by atoms with Gasteiger partial charge in [-0.15, -0.1) is 0 Å². The molecule has 1 amide bonds. The van der Waals surface area contributed by atoms with Gasteiger partial charge in [-0.2, -0.15) is 0 Å². The van der Waals surface area contributed by atoms with Crippen LogP contribution in [0.1, 0.15) is 52.9 Å². The standard InChI is InChI=1S/C17H28N2O/c1-13-6-4-10-17(2,3)15(13)8-9-16(20)19-14-7-5-11-18-12-14/h8-9,14,18H,4-7,10-12H2,1-3H3,(H,19,20)/b9-8+. The number of hydrogen-bond acceptors (Lipinski definition) is 2. The quantitative estimate of drug-likeness (QED) is 0.778. The average Bonchev–Trinajstić information content (AvgIpc) is 2.38. The largest absolute Gasteiger partial charge is 0.349 e. The first kappa shape index (κ1) is 15.3. The average molecular weight is 276 g/mol. The van der Waals surface area contributed by atoms with E-state index in [2.05, 4.69) is 31.4 Å². The highest BCUT2D eigenvalue weighted by molar-refractivity contribution is 5.88. The van der Waals surface area contributed by atoms with Crippen LogP contribution in [0.4, 0.5) is 0 Å². The molecule has 3 nitrogen and oxygen atoms in total. The minimum absolute atomic E-state index is 0.0420. The first-order valence-corrected chi connectivity index (χ1v) is 7.88. The lowest BCUT2D eigenvalue weighted by molar-refractivity contribution is -0.117. The van der Waals surface area contributed by atoms with Crippen molar-refractivity contribution in [2.24, 2.45) is 5.41 Å². The predicted molar refractivity (Wildman–Crippen MR) is 83.5 cm³/mol. The highest BCUT2D eigenvalue weighted by Gasteiger charge is 2.26. The third kappa shape index (κ3) is 3.95. The second-order valence-electron chi connectivity index (χ2n) is 6.82. The van der Waals surface area contributed by atoms with Gasteiger partial charge in [0.1, 0.15) is 0 Å². The van der Waals surface area contributed by atoms with Crippen LogP contribution in [0.2, 0.25) is 0 Å². The fourth-order valence-corrected chi connectivity index (χ4v) is 3.39. The van der Waals surface area contributed by atoms with Crippen molar-refractivity contribution in [2.75, 3.05) is 13.1 Å². The molecule has 1 fully saturated rings. The molecule has 3 heteroatoms. The van der Waals surface area contributed by atoms with Crippen molar-refractivity contribution in [3.8, 4) is 0 Å². The van der Waals surface area contributed by atoms with Crippen molar-refractivity contribution in [1.29, 1.82) is 0 Å². The lowest BCUT2D eigenvalue weighted by atomic mass is 9.72. The molecule has 2 aliphatic rings. The van der Waals surface area contributed by atoms with E-state index in [1.165, 1.54) is 24.0 Å². The highest BCUT2D eigenvalue weighted by Crippen LogP contribution is 2.40. The summed E-state index contributed by atoms with van der Waals surface area (Å²) in [7, 11) is 0. The molecule has 2 rings (SSSR count). The Labute approximate surface area is 122 Å². The normalized spacial score (nSPS) is 26.9. The topological polar surface area (TPSA) is 41.1 Å². The van der Waals surface area contributed by atoms with E-state index in [0.29, 0.717) is 0 Å². The third-order valence-corrected chi connectivity index (χ3v) is 4.59. The summed E-state index contributed by atoms with van der Waals surface area (Å²) in [6, 6.07) is 0.287. The number of piperidine rings is 1. The molecule has 0 radical (unpaired) electrons. The van der Waals surface area contributed by atoms with Crippen LogP contribution in [0.5, 0.6) is 0 Å². The van der Waals surface area contributed by atoms with E-state index in [9.17, 15) is 4.79 Å². The molecular formula is C17H28N2O. The number of carbonyl (C=O) groups excluding carboxylic acids is 1. The minimum Gasteiger partial charge on any atom is -0.349 e. The molecule has 1 saturated heterocycles. The van der Waals surface area contributed by atoms with Gasteiger partial charge < -0.3 is 10.6 Å². The van der Waals surface area contributed by atoms with Gasteiger partial charge in [-0.05, 0) is 56.6 Å². The Kier molecular flexibility index (Phi) is 5.03. The van der Waals surface area contributed by atoms with Crippen LogP contribution >= 0.6 is 0 Å². The number of carbonyl (C=O) groups is 1. The second kappa shape index (κ2) is 6.57. The summed E-state index contributed by atoms with van der Waals surface area (Å²) in [6.07, 6.45) is 9.62. The van der Waals surface area contributed by atoms with Gasteiger partial charge in [0.25, 0.3) is 0 Å². The molecule has 0 spiro atoms. The van der Waals surface area contributed by atoms with Gasteiger partial charge in [-0.1, -0.05) is 25.5 Å². The molecular weight excluding hydrogens is 248 g/mol. The van der Waals surface area contributed by atoms with Gasteiger partial charge in [0, 0.05) is 18.7 Å². The van der Waals surface area contributed by atoms with Crippen LogP contribution < -0.4 is 10.6 Å². The Morgan fingerprint density at radius 3 is 2.85 bits per heavy atom. The van der Waals surface area contributed by atoms with Gasteiger partial charge in [0.05, 0.1) is 0 Å². The monoisotopic (exact) mass is 276 g/mol. The van der Waals surface area contributed by atoms with Crippen LogP contribution in [0.25, 0.3) is 0 Å². The zero-order chi connectivity index (χ0) is 14.6. The van der Waals surface area contributed by atoms with E-state index in [-0.39, 0.29) is 17.4 Å². The van der Waals surface area contributed by atoms with E-state index in [1.54, 1.807) is 6.08 Å². The first-order valence-electron chi connectivity index (χ1n) is 7.88. The lowest BCUT2D eigenvalue weighted by Crippen LogP contribution is -2.45. The maximum absolute atomic E-state index is 12.0. The van der Waals surface area contributed by atoms with Crippen molar-refractivity contribution in [3.63, 3.8) is 0 Å². The molecule has 0 aromatic carbocycles. The van der Waals surface area contributed by atoms with Crippen molar-refractivity contribution in [2.45, 2.75) is 58.9 Å². The van der Waals surface area contributed by atoms with Gasteiger partial charge in [0.15, 0.2) is 0 Å². The van der Waals surface area contributed by atoms with E-state index in [4.69, 9.17) is 0 Å². The summed E-state index contributed by atoms with van der Waals surface area (Å²) < 4.78 is 0. The van der Waals surface area contributed by atoms with E-state index in [0.717, 1.165) is 32.4 Å². The third-order valence-electron chi connectivity index (χ3n) is 4.59. The predicted octanol–water partition coefficient (Wildman–Crippen LogP) is 2.94. The Hall–Kier alpha value is -1.09. The molecule has 1 heterocycles. The van der Waals surface area contributed by atoms with E-state index < -0.39 is 0 Å². The minimum atomic E-state index is 0.0420. The zero-order valence-electron chi connectivity index (χ0n) is 13.1. The maximum Gasteiger partial charge on any atom is 0.244 e. The first-order chi connectivity index (χ1) is 9.49. The number of amides is 1. The molecule has 0 bridgehead atoms. The van der Waals surface area contributed by atoms with Crippen LogP contribution in [0.15, 0.2) is 23.3 Å². The van der Waals surface area contributed by atoms with Crippen LogP contribution in [-0.4, -0.2) is 25.0 Å². The van der Waals surface area contributed by atoms with Gasteiger partial charge in [-0.25, -0.2) is 0 Å². The lowest BCUT2D eigenvalue weighted by Gasteiger charge is -2.32. The number of hydrogen-bond donors (Lipinski definition) is 2. The Morgan fingerprint density at radius 2 is 2.20 bits per heavy atom. The zero-order valence-corrected chi connectivity index (χ0v) is 13.1. The molecule has 1 aliphatic carbocycles. The summed E-state index contributed by atoms with van der Waals surface area (Å²) in [5.74, 6) is 0.0420. The molecule has 0 aromatic rings. The number of nitrogens with one attached hydrogen (secondary N) is 2. The summed E-state index contributed by atoms with van der Waals surface area (Å²) >= 11 is 0. The Balaban J connectivity index is 1.95. The van der Waals surface area contributed by atoms with Gasteiger partial charge in [0.2, 0.25) is 5.91 Å². The molecule has 1 aliphatic heterocycles. The molecule has 1 unspecified atom stereocenters. The van der Waals surface area contributed by atoms with Crippen molar-refractivity contribution in [1.82, 2.24) is 10.6 Å². The SMILES string of the molecule is CC1=C(/C=C/C(=O)NC2CCCNC2)C(C)(C)CCC1. The molecule has 20 heavy (non-hydrogen) atoms. The van der Waals surface area contributed by atoms with Crippen LogP contribution in [0.3, 0.4) is 0 Å². The number of allylic oxidation sites excluding steroid dienone is 3. The molecule has 0 aromatic heterocycles. The van der Waals surface area contributed by atoms with Crippen LogP contribution in [0, 0.1) is 5.41 Å². The van der Waals surface area contributed by atoms with E-state index >= 15 is 0 Å². The number of rotatable bonds is 3. The van der Waals surface area contributed by atoms with Gasteiger partial charge in [-0.3, -0.25) is 4.79 Å². The summed E-state index contributed by atoms with van der Waals surface area (Å²) in [4.78, 5) is 12.0. The van der Waals surface area contributed by atoms with Gasteiger partial charge >= 0.3 is 0 Å². The molecule has 2 N–H and O–H groups in total. The van der Waals surface area contributed by atoms with E-state index in [1.807, 2.05) is 6.08 Å². The molecule has 112 valence electrons. The molecule has 0 saturated carbocycles. The Bertz CT molecular complexity index is 415. The fraction of sp³-hybridized carbons (Fsp3) is 0.706. The van der Waals surface area contributed by atoms with Crippen molar-refractivity contribution >= 4 is 5.91 Å². The van der Waals surface area contributed by atoms with Crippen molar-refractivity contribution < 1.29 is 4.79 Å². The summed E-state index contributed by atoms with van der Waals surface area (Å²) in [6.45, 7) is 8.72. The van der Waals surface area contributed by atoms with Crippen LogP contribution in [-0.2, 0) is 4.79 Å². The summed E-state index contributed by atoms with van der Waals surface area (Å²) in [5.41, 5.74) is 2.98.